The highest BCUT2D eigenvalue weighted by Crippen LogP contribution is 2.35. The van der Waals surface area contributed by atoms with Crippen LogP contribution >= 0.6 is 15.9 Å². The molecule has 0 aromatic heterocycles. The van der Waals surface area contributed by atoms with Crippen LogP contribution in [0.1, 0.15) is 31.4 Å². The number of carbonyl (C=O) groups excluding carboxylic acids is 2. The van der Waals surface area contributed by atoms with Crippen molar-refractivity contribution >= 4 is 33.7 Å². The number of halogens is 1. The third-order valence-corrected chi connectivity index (χ3v) is 6.40. The molecule has 2 fully saturated rings. The van der Waals surface area contributed by atoms with Crippen molar-refractivity contribution in [1.29, 1.82) is 0 Å². The summed E-state index contributed by atoms with van der Waals surface area (Å²) in [6.07, 6.45) is 0.970. The van der Waals surface area contributed by atoms with E-state index in [4.69, 9.17) is 4.74 Å². The number of urea groups is 1. The second-order valence-corrected chi connectivity index (χ2v) is 8.35. The van der Waals surface area contributed by atoms with Crippen molar-refractivity contribution in [3.63, 3.8) is 0 Å². The fourth-order valence-corrected chi connectivity index (χ4v) is 4.54. The van der Waals surface area contributed by atoms with Gasteiger partial charge in [-0.1, -0.05) is 42.5 Å². The van der Waals surface area contributed by atoms with E-state index in [1.807, 2.05) is 66.4 Å². The predicted octanol–water partition coefficient (Wildman–Crippen LogP) is 5.03. The van der Waals surface area contributed by atoms with E-state index in [9.17, 15) is 9.59 Å². The van der Waals surface area contributed by atoms with Gasteiger partial charge in [0.05, 0.1) is 11.7 Å². The SMILES string of the molecule is C[C@H]1[C@@H](c2ccccc2)OC(=O)N1C1CCN(C(=O)Nc2ccccc2Br)CC1. The molecule has 2 aromatic rings. The first-order chi connectivity index (χ1) is 14.0. The third-order valence-electron chi connectivity index (χ3n) is 5.70. The summed E-state index contributed by atoms with van der Waals surface area (Å²) in [5, 5.41) is 2.95. The Kier molecular flexibility index (Phi) is 5.76. The first-order valence-electron chi connectivity index (χ1n) is 9.89. The Bertz CT molecular complexity index is 884. The Hall–Kier alpha value is -2.54. The maximum atomic E-state index is 12.6. The number of nitrogens with one attached hydrogen (secondary N) is 1. The number of anilines is 1. The third kappa shape index (κ3) is 4.10. The number of likely N-dealkylation sites (tertiary alicyclic amines) is 1. The van der Waals surface area contributed by atoms with Crippen LogP contribution in [0.5, 0.6) is 0 Å². The van der Waals surface area contributed by atoms with Gasteiger partial charge in [-0.2, -0.15) is 0 Å². The summed E-state index contributed by atoms with van der Waals surface area (Å²) in [7, 11) is 0. The van der Waals surface area contributed by atoms with E-state index in [2.05, 4.69) is 21.2 Å². The Morgan fingerprint density at radius 3 is 2.41 bits per heavy atom. The van der Waals surface area contributed by atoms with Gasteiger partial charge in [0.2, 0.25) is 0 Å². The molecule has 2 aliphatic rings. The van der Waals surface area contributed by atoms with E-state index in [-0.39, 0.29) is 30.3 Å². The highest BCUT2D eigenvalue weighted by Gasteiger charge is 2.44. The lowest BCUT2D eigenvalue weighted by Crippen LogP contribution is -2.50. The zero-order chi connectivity index (χ0) is 20.4. The molecule has 0 bridgehead atoms. The van der Waals surface area contributed by atoms with Gasteiger partial charge >= 0.3 is 12.1 Å². The minimum absolute atomic E-state index is 0.0319. The average Bonchev–Trinajstić information content (AvgIpc) is 3.04. The summed E-state index contributed by atoms with van der Waals surface area (Å²) in [5.74, 6) is 0. The van der Waals surface area contributed by atoms with Crippen LogP contribution in [0.4, 0.5) is 15.3 Å². The lowest BCUT2D eigenvalue weighted by molar-refractivity contribution is 0.115. The smallest absolute Gasteiger partial charge is 0.411 e. The molecule has 6 nitrogen and oxygen atoms in total. The highest BCUT2D eigenvalue weighted by molar-refractivity contribution is 9.10. The molecule has 0 unspecified atom stereocenters. The molecule has 2 aliphatic heterocycles. The molecule has 0 spiro atoms. The van der Waals surface area contributed by atoms with Crippen molar-refractivity contribution in [2.45, 2.75) is 38.0 Å². The van der Waals surface area contributed by atoms with Crippen LogP contribution in [-0.2, 0) is 4.74 Å². The molecular weight excluding hydrogens is 434 g/mol. The molecule has 0 radical (unpaired) electrons. The lowest BCUT2D eigenvalue weighted by atomic mass is 9.98. The monoisotopic (exact) mass is 457 g/mol. The van der Waals surface area contributed by atoms with E-state index < -0.39 is 0 Å². The molecule has 2 heterocycles. The molecule has 3 amide bonds. The van der Waals surface area contributed by atoms with Gasteiger partial charge in [0, 0.05) is 23.6 Å². The molecule has 29 heavy (non-hydrogen) atoms. The molecular formula is C22H24BrN3O3. The first-order valence-corrected chi connectivity index (χ1v) is 10.7. The second kappa shape index (κ2) is 8.45. The summed E-state index contributed by atoms with van der Waals surface area (Å²) >= 11 is 3.45. The minimum atomic E-state index is -0.262. The van der Waals surface area contributed by atoms with E-state index in [0.717, 1.165) is 28.6 Å². The lowest BCUT2D eigenvalue weighted by Gasteiger charge is -2.37. The zero-order valence-corrected chi connectivity index (χ0v) is 17.8. The van der Waals surface area contributed by atoms with Crippen molar-refractivity contribution in [3.05, 3.63) is 64.6 Å². The van der Waals surface area contributed by atoms with E-state index >= 15 is 0 Å². The van der Waals surface area contributed by atoms with E-state index in [1.165, 1.54) is 0 Å². The number of cyclic esters (lactones) is 1. The van der Waals surface area contributed by atoms with Gasteiger partial charge in [-0.15, -0.1) is 0 Å². The summed E-state index contributed by atoms with van der Waals surface area (Å²) in [6.45, 7) is 3.25. The Labute approximate surface area is 178 Å². The molecule has 152 valence electrons. The zero-order valence-electron chi connectivity index (χ0n) is 16.3. The molecule has 2 aromatic carbocycles. The first kappa shape index (κ1) is 19.8. The van der Waals surface area contributed by atoms with E-state index in [0.29, 0.717) is 13.1 Å². The van der Waals surface area contributed by atoms with Crippen LogP contribution in [-0.4, -0.2) is 47.1 Å². The Morgan fingerprint density at radius 2 is 1.72 bits per heavy atom. The standard InChI is InChI=1S/C22H24BrN3O3/c1-15-20(16-7-3-2-4-8-16)29-22(28)26(15)17-11-13-25(14-12-17)21(27)24-19-10-6-5-9-18(19)23/h2-10,15,17,20H,11-14H2,1H3,(H,24,27)/t15-,20-/m0/s1. The summed E-state index contributed by atoms with van der Waals surface area (Å²) in [6, 6.07) is 17.3. The van der Waals surface area contributed by atoms with Crippen LogP contribution in [0.25, 0.3) is 0 Å². The van der Waals surface area contributed by atoms with Gasteiger partial charge in [0.25, 0.3) is 0 Å². The van der Waals surface area contributed by atoms with Crippen molar-refractivity contribution in [1.82, 2.24) is 9.80 Å². The van der Waals surface area contributed by atoms with Crippen LogP contribution in [0.2, 0.25) is 0 Å². The maximum absolute atomic E-state index is 12.6. The van der Waals surface area contributed by atoms with Crippen molar-refractivity contribution in [2.24, 2.45) is 0 Å². The van der Waals surface area contributed by atoms with Crippen LogP contribution < -0.4 is 5.32 Å². The van der Waals surface area contributed by atoms with Gasteiger partial charge < -0.3 is 15.0 Å². The van der Waals surface area contributed by atoms with Gasteiger partial charge in [0.1, 0.15) is 6.10 Å². The summed E-state index contributed by atoms with van der Waals surface area (Å²) in [5.41, 5.74) is 1.77. The highest BCUT2D eigenvalue weighted by atomic mass is 79.9. The predicted molar refractivity (Wildman–Crippen MR) is 115 cm³/mol. The number of nitrogens with zero attached hydrogens (tertiary/aromatic N) is 2. The minimum Gasteiger partial charge on any atom is -0.439 e. The average molecular weight is 458 g/mol. The number of amides is 3. The summed E-state index contributed by atoms with van der Waals surface area (Å²) < 4.78 is 6.53. The Morgan fingerprint density at radius 1 is 1.07 bits per heavy atom. The normalized spacial score (nSPS) is 22.5. The number of ether oxygens (including phenoxy) is 1. The van der Waals surface area contributed by atoms with Crippen molar-refractivity contribution < 1.29 is 14.3 Å². The van der Waals surface area contributed by atoms with Gasteiger partial charge in [-0.05, 0) is 53.4 Å². The molecule has 7 heteroatoms. The quantitative estimate of drug-likeness (QED) is 0.702. The number of benzene rings is 2. The molecule has 4 rings (SSSR count). The number of hydrogen-bond donors (Lipinski definition) is 1. The second-order valence-electron chi connectivity index (χ2n) is 7.49. The number of hydrogen-bond acceptors (Lipinski definition) is 3. The Balaban J connectivity index is 1.36. The fourth-order valence-electron chi connectivity index (χ4n) is 4.15. The largest absolute Gasteiger partial charge is 0.439 e. The maximum Gasteiger partial charge on any atom is 0.411 e. The van der Waals surface area contributed by atoms with Gasteiger partial charge in [-0.25, -0.2) is 9.59 Å². The van der Waals surface area contributed by atoms with Gasteiger partial charge in [0.15, 0.2) is 0 Å². The fraction of sp³-hybridized carbons (Fsp3) is 0.364. The number of para-hydroxylation sites is 1. The summed E-state index contributed by atoms with van der Waals surface area (Å²) in [4.78, 5) is 28.8. The molecule has 0 saturated carbocycles. The van der Waals surface area contributed by atoms with Crippen LogP contribution in [0.15, 0.2) is 59.1 Å². The number of carbonyl (C=O) groups is 2. The molecule has 2 saturated heterocycles. The molecule has 1 N–H and O–H groups in total. The van der Waals surface area contributed by atoms with E-state index in [1.54, 1.807) is 4.90 Å². The number of piperidine rings is 1. The van der Waals surface area contributed by atoms with Crippen LogP contribution in [0.3, 0.4) is 0 Å². The molecule has 0 aliphatic carbocycles. The molecule has 2 atom stereocenters. The van der Waals surface area contributed by atoms with Crippen molar-refractivity contribution in [3.8, 4) is 0 Å². The van der Waals surface area contributed by atoms with Crippen LogP contribution in [0, 0.1) is 0 Å². The topological polar surface area (TPSA) is 61.9 Å². The van der Waals surface area contributed by atoms with Gasteiger partial charge in [-0.3, -0.25) is 4.90 Å². The number of rotatable bonds is 3. The van der Waals surface area contributed by atoms with Crippen molar-refractivity contribution in [2.75, 3.05) is 18.4 Å².